The number of hydrogen-bond acceptors (Lipinski definition) is 3. The van der Waals surface area contributed by atoms with E-state index in [0.29, 0.717) is 0 Å². The standard InChI is InChI=1S/C21H23ClN4/c22-19-11-9-18(10-12-19)21-20(17-7-3-1-4-8-17)23-26(24-21)16-15-25-13-5-2-6-14-25/h1,3-4,7-12H,2,5-6,13-16H2. The molecule has 2 aromatic carbocycles. The predicted octanol–water partition coefficient (Wildman–Crippen LogP) is 4.75. The Morgan fingerprint density at radius 1 is 0.731 bits per heavy atom. The summed E-state index contributed by atoms with van der Waals surface area (Å²) < 4.78 is 0. The normalized spacial score (nSPS) is 15.3. The number of aromatic nitrogens is 3. The first kappa shape index (κ1) is 17.3. The molecule has 1 aliphatic rings. The van der Waals surface area contributed by atoms with Gasteiger partial charge in [-0.2, -0.15) is 15.0 Å². The zero-order valence-electron chi connectivity index (χ0n) is 14.8. The third-order valence-electron chi connectivity index (χ3n) is 4.88. The monoisotopic (exact) mass is 366 g/mol. The highest BCUT2D eigenvalue weighted by atomic mass is 35.5. The van der Waals surface area contributed by atoms with Crippen molar-refractivity contribution in [1.29, 1.82) is 0 Å². The molecule has 0 N–H and O–H groups in total. The number of nitrogens with zero attached hydrogens (tertiary/aromatic N) is 4. The fraction of sp³-hybridized carbons (Fsp3) is 0.333. The summed E-state index contributed by atoms with van der Waals surface area (Å²) in [6.07, 6.45) is 3.96. The number of halogens is 1. The summed E-state index contributed by atoms with van der Waals surface area (Å²) in [4.78, 5) is 4.36. The van der Waals surface area contributed by atoms with Crippen LogP contribution < -0.4 is 0 Å². The molecular formula is C21H23ClN4. The van der Waals surface area contributed by atoms with Crippen molar-refractivity contribution >= 4 is 11.6 Å². The van der Waals surface area contributed by atoms with E-state index in [0.717, 1.165) is 40.6 Å². The Kier molecular flexibility index (Phi) is 5.32. The maximum atomic E-state index is 6.05. The minimum atomic E-state index is 0.729. The molecule has 3 aromatic rings. The van der Waals surface area contributed by atoms with Crippen molar-refractivity contribution < 1.29 is 0 Å². The number of likely N-dealkylation sites (tertiary alicyclic amines) is 1. The van der Waals surface area contributed by atoms with Crippen molar-refractivity contribution in [3.63, 3.8) is 0 Å². The van der Waals surface area contributed by atoms with Gasteiger partial charge in [0, 0.05) is 22.7 Å². The van der Waals surface area contributed by atoms with Gasteiger partial charge in [0.15, 0.2) is 0 Å². The van der Waals surface area contributed by atoms with Gasteiger partial charge in [-0.1, -0.05) is 60.5 Å². The zero-order valence-corrected chi connectivity index (χ0v) is 15.6. The van der Waals surface area contributed by atoms with Crippen LogP contribution in [0.25, 0.3) is 22.5 Å². The molecule has 0 bridgehead atoms. The van der Waals surface area contributed by atoms with Crippen molar-refractivity contribution in [3.8, 4) is 22.5 Å². The van der Waals surface area contributed by atoms with E-state index in [4.69, 9.17) is 21.8 Å². The van der Waals surface area contributed by atoms with Crippen molar-refractivity contribution in [2.75, 3.05) is 19.6 Å². The predicted molar refractivity (Wildman–Crippen MR) is 106 cm³/mol. The summed E-state index contributed by atoms with van der Waals surface area (Å²) in [5.41, 5.74) is 3.96. The van der Waals surface area contributed by atoms with E-state index < -0.39 is 0 Å². The van der Waals surface area contributed by atoms with Crippen molar-refractivity contribution in [1.82, 2.24) is 19.9 Å². The van der Waals surface area contributed by atoms with Crippen molar-refractivity contribution in [3.05, 3.63) is 59.6 Å². The van der Waals surface area contributed by atoms with Gasteiger partial charge in [0.25, 0.3) is 0 Å². The van der Waals surface area contributed by atoms with Crippen molar-refractivity contribution in [2.24, 2.45) is 0 Å². The Balaban J connectivity index is 1.62. The molecule has 26 heavy (non-hydrogen) atoms. The van der Waals surface area contributed by atoms with Crippen LogP contribution in [0.3, 0.4) is 0 Å². The van der Waals surface area contributed by atoms with E-state index in [1.54, 1.807) is 0 Å². The first-order valence-electron chi connectivity index (χ1n) is 9.28. The molecule has 4 nitrogen and oxygen atoms in total. The van der Waals surface area contributed by atoms with Gasteiger partial charge in [-0.05, 0) is 38.1 Å². The third-order valence-corrected chi connectivity index (χ3v) is 5.14. The molecule has 1 aromatic heterocycles. The molecule has 1 saturated heterocycles. The average molecular weight is 367 g/mol. The van der Waals surface area contributed by atoms with Gasteiger partial charge in [0.1, 0.15) is 11.4 Å². The number of hydrogen-bond donors (Lipinski definition) is 0. The molecule has 0 atom stereocenters. The van der Waals surface area contributed by atoms with Gasteiger partial charge >= 0.3 is 0 Å². The van der Waals surface area contributed by atoms with Crippen LogP contribution in [0.15, 0.2) is 54.6 Å². The minimum absolute atomic E-state index is 0.729. The van der Waals surface area contributed by atoms with Gasteiger partial charge < -0.3 is 4.90 Å². The lowest BCUT2D eigenvalue weighted by atomic mass is 10.1. The second-order valence-electron chi connectivity index (χ2n) is 6.77. The lowest BCUT2D eigenvalue weighted by molar-refractivity contribution is 0.214. The highest BCUT2D eigenvalue weighted by Gasteiger charge is 2.16. The molecule has 5 heteroatoms. The summed E-state index contributed by atoms with van der Waals surface area (Å²) >= 11 is 6.05. The zero-order chi connectivity index (χ0) is 17.8. The van der Waals surface area contributed by atoms with Gasteiger partial charge in [0.05, 0.1) is 6.54 Å². The molecule has 0 saturated carbocycles. The molecule has 0 aliphatic carbocycles. The first-order chi connectivity index (χ1) is 12.8. The Bertz CT molecular complexity index is 836. The van der Waals surface area contributed by atoms with Gasteiger partial charge in [-0.15, -0.1) is 0 Å². The fourth-order valence-electron chi connectivity index (χ4n) is 3.45. The summed E-state index contributed by atoms with van der Waals surface area (Å²) in [5.74, 6) is 0. The van der Waals surface area contributed by atoms with E-state index in [1.807, 2.05) is 47.3 Å². The first-order valence-corrected chi connectivity index (χ1v) is 9.66. The van der Waals surface area contributed by atoms with E-state index in [1.165, 1.54) is 32.4 Å². The summed E-state index contributed by atoms with van der Waals surface area (Å²) in [6.45, 7) is 4.20. The summed E-state index contributed by atoms with van der Waals surface area (Å²) in [5, 5.41) is 10.3. The highest BCUT2D eigenvalue weighted by Crippen LogP contribution is 2.29. The second kappa shape index (κ2) is 8.02. The van der Waals surface area contributed by atoms with Crippen LogP contribution in [-0.2, 0) is 6.54 Å². The Labute approximate surface area is 159 Å². The number of piperidine rings is 1. The van der Waals surface area contributed by atoms with E-state index >= 15 is 0 Å². The molecule has 0 unspecified atom stereocenters. The van der Waals surface area contributed by atoms with Crippen LogP contribution >= 0.6 is 11.6 Å². The Hall–Kier alpha value is -2.17. The summed E-state index contributed by atoms with van der Waals surface area (Å²) in [6, 6.07) is 18.1. The smallest absolute Gasteiger partial charge is 0.121 e. The molecule has 0 spiro atoms. The van der Waals surface area contributed by atoms with E-state index in [9.17, 15) is 0 Å². The quantitative estimate of drug-likeness (QED) is 0.653. The van der Waals surface area contributed by atoms with Gasteiger partial charge in [-0.3, -0.25) is 0 Å². The number of benzene rings is 2. The Morgan fingerprint density at radius 2 is 1.35 bits per heavy atom. The summed E-state index contributed by atoms with van der Waals surface area (Å²) in [7, 11) is 0. The lowest BCUT2D eigenvalue weighted by Gasteiger charge is -2.25. The minimum Gasteiger partial charge on any atom is -0.301 e. The second-order valence-corrected chi connectivity index (χ2v) is 7.20. The molecule has 0 radical (unpaired) electrons. The van der Waals surface area contributed by atoms with Crippen LogP contribution in [0.2, 0.25) is 5.02 Å². The molecule has 1 aliphatic heterocycles. The topological polar surface area (TPSA) is 34.0 Å². The SMILES string of the molecule is Clc1ccc(-c2nn(CCN3CCCCC3)nc2-c2ccccc2)cc1. The average Bonchev–Trinajstić information content (AvgIpc) is 3.13. The molecule has 134 valence electrons. The van der Waals surface area contributed by atoms with Crippen LogP contribution in [0.1, 0.15) is 19.3 Å². The van der Waals surface area contributed by atoms with Gasteiger partial charge in [-0.25, -0.2) is 0 Å². The van der Waals surface area contributed by atoms with Crippen molar-refractivity contribution in [2.45, 2.75) is 25.8 Å². The molecular weight excluding hydrogens is 344 g/mol. The molecule has 1 fully saturated rings. The number of rotatable bonds is 5. The van der Waals surface area contributed by atoms with E-state index in [-0.39, 0.29) is 0 Å². The largest absolute Gasteiger partial charge is 0.301 e. The van der Waals surface area contributed by atoms with Gasteiger partial charge in [0.2, 0.25) is 0 Å². The van der Waals surface area contributed by atoms with Crippen LogP contribution in [0.5, 0.6) is 0 Å². The van der Waals surface area contributed by atoms with Crippen LogP contribution in [0, 0.1) is 0 Å². The highest BCUT2D eigenvalue weighted by molar-refractivity contribution is 6.30. The molecule has 0 amide bonds. The van der Waals surface area contributed by atoms with Crippen LogP contribution in [-0.4, -0.2) is 39.5 Å². The molecule has 4 rings (SSSR count). The van der Waals surface area contributed by atoms with E-state index in [2.05, 4.69) is 17.0 Å². The maximum absolute atomic E-state index is 6.05. The molecule has 2 heterocycles. The maximum Gasteiger partial charge on any atom is 0.121 e. The fourth-order valence-corrected chi connectivity index (χ4v) is 3.58. The third kappa shape index (κ3) is 3.97. The van der Waals surface area contributed by atoms with Crippen LogP contribution in [0.4, 0.5) is 0 Å². The Morgan fingerprint density at radius 3 is 2.00 bits per heavy atom. The lowest BCUT2D eigenvalue weighted by Crippen LogP contribution is -2.33.